The quantitative estimate of drug-likeness (QED) is 0.326. The highest BCUT2D eigenvalue weighted by molar-refractivity contribution is 5.85. The van der Waals surface area contributed by atoms with Gasteiger partial charge in [-0.15, -0.1) is 12.4 Å². The van der Waals surface area contributed by atoms with Crippen molar-refractivity contribution in [3.63, 3.8) is 0 Å². The molecule has 0 spiro atoms. The zero-order valence-electron chi connectivity index (χ0n) is 18.5. The van der Waals surface area contributed by atoms with Crippen molar-refractivity contribution >= 4 is 35.3 Å². The second-order valence-electron chi connectivity index (χ2n) is 7.92. The number of hydrogen-bond donors (Lipinski definition) is 0. The van der Waals surface area contributed by atoms with E-state index >= 15 is 0 Å². The third kappa shape index (κ3) is 6.39. The molecular formula is C24H26ClF2N5O2. The summed E-state index contributed by atoms with van der Waals surface area (Å²) in [6.07, 6.45) is 2.17. The SMILES string of the molecule is Cl.O=[N+]([O-])c1ccc(N2CCN(CCCN(c3ccc(F)cc3)c3ccc(F)cc3)CC2)nc1. The summed E-state index contributed by atoms with van der Waals surface area (Å²) >= 11 is 0. The number of piperazine rings is 1. The molecule has 0 bridgehead atoms. The lowest BCUT2D eigenvalue weighted by Gasteiger charge is -2.35. The summed E-state index contributed by atoms with van der Waals surface area (Å²) in [6, 6.07) is 15.8. The van der Waals surface area contributed by atoms with Crippen molar-refractivity contribution in [3.8, 4) is 0 Å². The Morgan fingerprint density at radius 3 is 1.91 bits per heavy atom. The molecule has 2 heterocycles. The van der Waals surface area contributed by atoms with E-state index in [1.807, 2.05) is 0 Å². The van der Waals surface area contributed by atoms with Crippen LogP contribution in [0, 0.1) is 21.7 Å². The molecule has 2 aromatic carbocycles. The van der Waals surface area contributed by atoms with Gasteiger partial charge in [0.15, 0.2) is 0 Å². The van der Waals surface area contributed by atoms with E-state index in [2.05, 4.69) is 19.7 Å². The first-order valence-corrected chi connectivity index (χ1v) is 10.9. The van der Waals surface area contributed by atoms with Crippen LogP contribution in [0.5, 0.6) is 0 Å². The molecule has 1 fully saturated rings. The Labute approximate surface area is 203 Å². The largest absolute Gasteiger partial charge is 0.354 e. The predicted octanol–water partition coefficient (Wildman–Crippen LogP) is 5.04. The number of anilines is 3. The number of nitrogens with zero attached hydrogens (tertiary/aromatic N) is 5. The summed E-state index contributed by atoms with van der Waals surface area (Å²) in [6.45, 7) is 4.92. The Hall–Kier alpha value is -3.30. The molecule has 4 rings (SSSR count). The molecule has 1 aliphatic heterocycles. The fraction of sp³-hybridized carbons (Fsp3) is 0.292. The van der Waals surface area contributed by atoms with Crippen LogP contribution in [0.1, 0.15) is 6.42 Å². The smallest absolute Gasteiger partial charge is 0.287 e. The van der Waals surface area contributed by atoms with Gasteiger partial charge in [0.1, 0.15) is 23.6 Å². The van der Waals surface area contributed by atoms with Gasteiger partial charge in [-0.25, -0.2) is 13.8 Å². The first kappa shape index (κ1) is 25.3. The molecule has 3 aromatic rings. The van der Waals surface area contributed by atoms with Crippen LogP contribution in [-0.2, 0) is 0 Å². The van der Waals surface area contributed by atoms with Crippen LogP contribution in [0.25, 0.3) is 0 Å². The second kappa shape index (κ2) is 11.7. The third-order valence-electron chi connectivity index (χ3n) is 5.77. The van der Waals surface area contributed by atoms with Crippen LogP contribution in [0.2, 0.25) is 0 Å². The van der Waals surface area contributed by atoms with Gasteiger partial charge >= 0.3 is 0 Å². The molecule has 0 atom stereocenters. The summed E-state index contributed by atoms with van der Waals surface area (Å²) in [5, 5.41) is 10.8. The van der Waals surface area contributed by atoms with E-state index in [9.17, 15) is 18.9 Å². The second-order valence-corrected chi connectivity index (χ2v) is 7.92. The standard InChI is InChI=1S/C24H25F2N5O2.ClH/c25-19-2-6-21(7-3-19)30(22-8-4-20(26)5-9-22)13-1-12-28-14-16-29(17-15-28)24-11-10-23(18-27-24)31(32)33;/h2-11,18H,1,12-17H2;1H. The minimum absolute atomic E-state index is 0. The molecule has 7 nitrogen and oxygen atoms in total. The van der Waals surface area contributed by atoms with Gasteiger partial charge in [0.05, 0.1) is 4.92 Å². The summed E-state index contributed by atoms with van der Waals surface area (Å²) in [4.78, 5) is 21.1. The van der Waals surface area contributed by atoms with Gasteiger partial charge in [-0.1, -0.05) is 0 Å². The Morgan fingerprint density at radius 1 is 0.882 bits per heavy atom. The summed E-state index contributed by atoms with van der Waals surface area (Å²) < 4.78 is 26.8. The number of hydrogen-bond acceptors (Lipinski definition) is 6. The fourth-order valence-electron chi connectivity index (χ4n) is 3.98. The normalized spacial score (nSPS) is 13.9. The number of aromatic nitrogens is 1. The van der Waals surface area contributed by atoms with Gasteiger partial charge in [0.25, 0.3) is 5.69 Å². The molecule has 180 valence electrons. The molecule has 0 N–H and O–H groups in total. The number of nitro groups is 1. The van der Waals surface area contributed by atoms with Crippen molar-refractivity contribution < 1.29 is 13.7 Å². The van der Waals surface area contributed by atoms with Crippen LogP contribution in [0.3, 0.4) is 0 Å². The molecule has 0 amide bonds. The minimum atomic E-state index is -0.449. The van der Waals surface area contributed by atoms with E-state index < -0.39 is 4.92 Å². The lowest BCUT2D eigenvalue weighted by atomic mass is 10.2. The van der Waals surface area contributed by atoms with E-state index in [0.717, 1.165) is 56.3 Å². The van der Waals surface area contributed by atoms with E-state index in [1.54, 1.807) is 30.3 Å². The van der Waals surface area contributed by atoms with Gasteiger partial charge in [-0.2, -0.15) is 0 Å². The highest BCUT2D eigenvalue weighted by atomic mass is 35.5. The fourth-order valence-corrected chi connectivity index (χ4v) is 3.98. The van der Waals surface area contributed by atoms with Crippen molar-refractivity contribution in [3.05, 3.63) is 88.6 Å². The Morgan fingerprint density at radius 2 is 1.44 bits per heavy atom. The molecule has 34 heavy (non-hydrogen) atoms. The maximum absolute atomic E-state index is 13.4. The minimum Gasteiger partial charge on any atom is -0.354 e. The number of pyridine rings is 1. The van der Waals surface area contributed by atoms with Crippen LogP contribution in [0.4, 0.5) is 31.7 Å². The summed E-state index contributed by atoms with van der Waals surface area (Å²) in [5.41, 5.74) is 1.71. The van der Waals surface area contributed by atoms with E-state index in [0.29, 0.717) is 6.54 Å². The van der Waals surface area contributed by atoms with Crippen LogP contribution < -0.4 is 9.80 Å². The van der Waals surface area contributed by atoms with Gasteiger partial charge in [0.2, 0.25) is 0 Å². The average molecular weight is 490 g/mol. The molecule has 1 aliphatic rings. The Bertz CT molecular complexity index is 1010. The van der Waals surface area contributed by atoms with Crippen LogP contribution in [-0.4, -0.2) is 54.1 Å². The molecule has 0 saturated carbocycles. The van der Waals surface area contributed by atoms with Gasteiger partial charge in [-0.05, 0) is 67.6 Å². The van der Waals surface area contributed by atoms with Crippen LogP contribution in [0.15, 0.2) is 66.9 Å². The monoisotopic (exact) mass is 489 g/mol. The van der Waals surface area contributed by atoms with Crippen LogP contribution >= 0.6 is 12.4 Å². The lowest BCUT2D eigenvalue weighted by Crippen LogP contribution is -2.47. The number of benzene rings is 2. The maximum Gasteiger partial charge on any atom is 0.287 e. The molecule has 0 unspecified atom stereocenters. The molecular weight excluding hydrogens is 464 g/mol. The molecule has 0 aliphatic carbocycles. The predicted molar refractivity (Wildman–Crippen MR) is 131 cm³/mol. The Balaban J connectivity index is 0.00000324. The zero-order valence-corrected chi connectivity index (χ0v) is 19.3. The van der Waals surface area contributed by atoms with Gasteiger partial charge in [0, 0.05) is 50.2 Å². The average Bonchev–Trinajstić information content (AvgIpc) is 2.84. The van der Waals surface area contributed by atoms with Gasteiger partial charge < -0.3 is 9.80 Å². The van der Waals surface area contributed by atoms with E-state index in [4.69, 9.17) is 0 Å². The summed E-state index contributed by atoms with van der Waals surface area (Å²) in [5.74, 6) is 0.162. The van der Waals surface area contributed by atoms with Crippen molar-refractivity contribution in [1.29, 1.82) is 0 Å². The van der Waals surface area contributed by atoms with E-state index in [-0.39, 0.29) is 29.7 Å². The maximum atomic E-state index is 13.4. The zero-order chi connectivity index (χ0) is 23.2. The summed E-state index contributed by atoms with van der Waals surface area (Å²) in [7, 11) is 0. The number of rotatable bonds is 8. The molecule has 1 aromatic heterocycles. The van der Waals surface area contributed by atoms with Crippen molar-refractivity contribution in [1.82, 2.24) is 9.88 Å². The third-order valence-corrected chi connectivity index (χ3v) is 5.77. The first-order valence-electron chi connectivity index (χ1n) is 10.9. The topological polar surface area (TPSA) is 65.8 Å². The Kier molecular flexibility index (Phi) is 8.72. The molecule has 1 saturated heterocycles. The van der Waals surface area contributed by atoms with Crippen molar-refractivity contribution in [2.24, 2.45) is 0 Å². The van der Waals surface area contributed by atoms with E-state index in [1.165, 1.54) is 36.5 Å². The highest BCUT2D eigenvalue weighted by Gasteiger charge is 2.19. The molecule has 0 radical (unpaired) electrons. The molecule has 10 heteroatoms. The number of halogens is 3. The van der Waals surface area contributed by atoms with Crippen molar-refractivity contribution in [2.75, 3.05) is 49.1 Å². The lowest BCUT2D eigenvalue weighted by molar-refractivity contribution is -0.385. The highest BCUT2D eigenvalue weighted by Crippen LogP contribution is 2.26. The first-order chi connectivity index (χ1) is 16.0. The van der Waals surface area contributed by atoms with Crippen molar-refractivity contribution in [2.45, 2.75) is 6.42 Å². The van der Waals surface area contributed by atoms with Gasteiger partial charge in [-0.3, -0.25) is 15.0 Å².